The molecule has 0 bridgehead atoms. The van der Waals surface area contributed by atoms with E-state index in [4.69, 9.17) is 34.8 Å². The van der Waals surface area contributed by atoms with Crippen molar-refractivity contribution in [1.29, 1.82) is 0 Å². The number of carbonyl (C=O) groups is 1. The molecular formula is C20H23Cl3N2O3S2. The molecule has 30 heavy (non-hydrogen) atoms. The number of sulfonamides is 1. The molecule has 0 radical (unpaired) electrons. The van der Waals surface area contributed by atoms with Crippen LogP contribution in [0.25, 0.3) is 0 Å². The lowest BCUT2D eigenvalue weighted by molar-refractivity contribution is -0.121. The van der Waals surface area contributed by atoms with Crippen LogP contribution in [0.15, 0.2) is 36.4 Å². The Morgan fingerprint density at radius 1 is 1.13 bits per heavy atom. The maximum Gasteiger partial charge on any atom is 0.243 e. The zero-order chi connectivity index (χ0) is 22.5. The van der Waals surface area contributed by atoms with Crippen molar-refractivity contribution in [2.75, 3.05) is 22.9 Å². The highest BCUT2D eigenvalue weighted by atomic mass is 35.5. The van der Waals surface area contributed by atoms with E-state index in [0.717, 1.165) is 16.1 Å². The molecule has 0 aromatic heterocycles. The van der Waals surface area contributed by atoms with Crippen molar-refractivity contribution in [3.63, 3.8) is 0 Å². The molecule has 2 aromatic rings. The third-order valence-corrected chi connectivity index (χ3v) is 7.37. The number of aryl methyl sites for hydroxylation is 1. The summed E-state index contributed by atoms with van der Waals surface area (Å²) in [5.74, 6) is 0.940. The second-order valence-electron chi connectivity index (χ2n) is 6.74. The predicted octanol–water partition coefficient (Wildman–Crippen LogP) is 5.16. The van der Waals surface area contributed by atoms with Gasteiger partial charge < -0.3 is 5.32 Å². The molecule has 164 valence electrons. The fraction of sp³-hybridized carbons (Fsp3) is 0.350. The van der Waals surface area contributed by atoms with Crippen LogP contribution in [-0.2, 0) is 20.6 Å². The van der Waals surface area contributed by atoms with Crippen LogP contribution in [0.1, 0.15) is 18.1 Å². The lowest BCUT2D eigenvalue weighted by Crippen LogP contribution is -2.48. The van der Waals surface area contributed by atoms with Gasteiger partial charge in [-0.3, -0.25) is 9.10 Å². The average molecular weight is 510 g/mol. The van der Waals surface area contributed by atoms with Crippen LogP contribution in [0.5, 0.6) is 0 Å². The number of carbonyl (C=O) groups excluding carboxylic acids is 1. The van der Waals surface area contributed by atoms with E-state index >= 15 is 0 Å². The number of hydrogen-bond acceptors (Lipinski definition) is 4. The minimum atomic E-state index is -3.70. The van der Waals surface area contributed by atoms with E-state index in [2.05, 4.69) is 5.32 Å². The Kier molecular flexibility index (Phi) is 9.18. The molecule has 2 aromatic carbocycles. The number of hydrogen-bond donors (Lipinski definition) is 1. The molecular weight excluding hydrogens is 487 g/mol. The molecule has 0 fully saturated rings. The van der Waals surface area contributed by atoms with Gasteiger partial charge in [0.15, 0.2) is 0 Å². The summed E-state index contributed by atoms with van der Waals surface area (Å²) in [6.45, 7) is 3.72. The molecule has 1 atom stereocenters. The topological polar surface area (TPSA) is 66.5 Å². The van der Waals surface area contributed by atoms with E-state index in [1.165, 1.54) is 0 Å². The molecule has 2 rings (SSSR count). The van der Waals surface area contributed by atoms with Gasteiger partial charge in [0.25, 0.3) is 0 Å². The molecule has 0 spiro atoms. The zero-order valence-corrected chi connectivity index (χ0v) is 20.7. The number of halogens is 3. The first-order valence-electron chi connectivity index (χ1n) is 9.05. The SMILES string of the molecule is Cc1ccc(Cl)cc1N([C@H](C)C(=O)NCCSCc1ccc(Cl)cc1Cl)S(C)(=O)=O. The summed E-state index contributed by atoms with van der Waals surface area (Å²) in [5.41, 5.74) is 2.06. The summed E-state index contributed by atoms with van der Waals surface area (Å²) in [7, 11) is -3.70. The highest BCUT2D eigenvalue weighted by Gasteiger charge is 2.30. The Labute approximate surface area is 197 Å². The quantitative estimate of drug-likeness (QED) is 0.474. The van der Waals surface area contributed by atoms with Crippen molar-refractivity contribution in [1.82, 2.24) is 5.32 Å². The van der Waals surface area contributed by atoms with Gasteiger partial charge in [-0.05, 0) is 49.2 Å². The summed E-state index contributed by atoms with van der Waals surface area (Å²) in [6, 6.07) is 9.37. The van der Waals surface area contributed by atoms with Crippen molar-refractivity contribution in [3.8, 4) is 0 Å². The Balaban J connectivity index is 1.96. The van der Waals surface area contributed by atoms with Crippen LogP contribution in [0.2, 0.25) is 15.1 Å². The second-order valence-corrected chi connectivity index (χ2v) is 11.0. The van der Waals surface area contributed by atoms with E-state index in [9.17, 15) is 13.2 Å². The van der Waals surface area contributed by atoms with Gasteiger partial charge in [0.2, 0.25) is 15.9 Å². The van der Waals surface area contributed by atoms with Gasteiger partial charge in [0, 0.05) is 33.1 Å². The molecule has 1 N–H and O–H groups in total. The summed E-state index contributed by atoms with van der Waals surface area (Å²) < 4.78 is 25.9. The van der Waals surface area contributed by atoms with Gasteiger partial charge in [-0.25, -0.2) is 8.42 Å². The molecule has 0 saturated heterocycles. The number of thioether (sulfide) groups is 1. The molecule has 1 amide bonds. The van der Waals surface area contributed by atoms with E-state index < -0.39 is 16.1 Å². The zero-order valence-electron chi connectivity index (χ0n) is 16.8. The Morgan fingerprint density at radius 3 is 2.40 bits per heavy atom. The molecule has 0 aliphatic carbocycles. The van der Waals surface area contributed by atoms with Gasteiger partial charge in [0.1, 0.15) is 6.04 Å². The van der Waals surface area contributed by atoms with Crippen molar-refractivity contribution in [2.24, 2.45) is 0 Å². The molecule has 0 heterocycles. The third kappa shape index (κ3) is 6.95. The number of rotatable bonds is 9. The Hall–Kier alpha value is -1.12. The molecule has 0 saturated carbocycles. The second kappa shape index (κ2) is 11.0. The summed E-state index contributed by atoms with van der Waals surface area (Å²) in [5, 5.41) is 4.38. The van der Waals surface area contributed by atoms with Crippen molar-refractivity contribution in [3.05, 3.63) is 62.6 Å². The lowest BCUT2D eigenvalue weighted by Gasteiger charge is -2.29. The Morgan fingerprint density at radius 2 is 1.77 bits per heavy atom. The van der Waals surface area contributed by atoms with Gasteiger partial charge in [0.05, 0.1) is 11.9 Å². The fourth-order valence-electron chi connectivity index (χ4n) is 2.82. The number of amides is 1. The smallest absolute Gasteiger partial charge is 0.243 e. The van der Waals surface area contributed by atoms with Crippen LogP contribution < -0.4 is 9.62 Å². The van der Waals surface area contributed by atoms with E-state index in [1.807, 2.05) is 6.07 Å². The maximum atomic E-state index is 12.6. The van der Waals surface area contributed by atoms with Crippen molar-refractivity contribution in [2.45, 2.75) is 25.6 Å². The first kappa shape index (κ1) is 25.1. The minimum Gasteiger partial charge on any atom is -0.353 e. The first-order valence-corrected chi connectivity index (χ1v) is 13.2. The minimum absolute atomic E-state index is 0.384. The van der Waals surface area contributed by atoms with Crippen LogP contribution in [0, 0.1) is 6.92 Å². The molecule has 10 heteroatoms. The van der Waals surface area contributed by atoms with Crippen LogP contribution in [0.4, 0.5) is 5.69 Å². The molecule has 0 aliphatic rings. The van der Waals surface area contributed by atoms with Gasteiger partial charge in [-0.2, -0.15) is 11.8 Å². The standard InChI is InChI=1S/C20H23Cl3N2O3S2/c1-13-4-6-17(22)11-19(13)25(30(3,27)28)14(2)20(26)24-8-9-29-12-15-5-7-16(21)10-18(15)23/h4-7,10-11,14H,8-9,12H2,1-3H3,(H,24,26)/t14-/m1/s1. The van der Waals surface area contributed by atoms with E-state index in [0.29, 0.717) is 44.4 Å². The number of nitrogens with zero attached hydrogens (tertiary/aromatic N) is 1. The number of anilines is 1. The summed E-state index contributed by atoms with van der Waals surface area (Å²) in [6.07, 6.45) is 1.07. The third-order valence-electron chi connectivity index (χ3n) is 4.32. The molecule has 0 aliphatic heterocycles. The fourth-order valence-corrected chi connectivity index (χ4v) is 5.62. The molecule has 5 nitrogen and oxygen atoms in total. The van der Waals surface area contributed by atoms with Crippen molar-refractivity contribution >= 4 is 68.2 Å². The van der Waals surface area contributed by atoms with E-state index in [1.54, 1.807) is 55.9 Å². The lowest BCUT2D eigenvalue weighted by atomic mass is 10.2. The van der Waals surface area contributed by atoms with Crippen LogP contribution in [-0.4, -0.2) is 38.9 Å². The average Bonchev–Trinajstić information content (AvgIpc) is 2.64. The van der Waals surface area contributed by atoms with Crippen LogP contribution in [0.3, 0.4) is 0 Å². The van der Waals surface area contributed by atoms with Gasteiger partial charge >= 0.3 is 0 Å². The number of benzene rings is 2. The summed E-state index contributed by atoms with van der Waals surface area (Å²) >= 11 is 19.7. The highest BCUT2D eigenvalue weighted by molar-refractivity contribution is 7.98. The van der Waals surface area contributed by atoms with Gasteiger partial charge in [-0.1, -0.05) is 46.9 Å². The number of nitrogens with one attached hydrogen (secondary N) is 1. The van der Waals surface area contributed by atoms with E-state index in [-0.39, 0.29) is 5.91 Å². The Bertz CT molecular complexity index is 1020. The van der Waals surface area contributed by atoms with Crippen molar-refractivity contribution < 1.29 is 13.2 Å². The van der Waals surface area contributed by atoms with Crippen LogP contribution >= 0.6 is 46.6 Å². The highest BCUT2D eigenvalue weighted by Crippen LogP contribution is 2.28. The normalized spacial score (nSPS) is 12.5. The maximum absolute atomic E-state index is 12.6. The summed E-state index contributed by atoms with van der Waals surface area (Å²) in [4.78, 5) is 12.6. The first-order chi connectivity index (χ1) is 14.0. The monoisotopic (exact) mass is 508 g/mol. The largest absolute Gasteiger partial charge is 0.353 e. The predicted molar refractivity (Wildman–Crippen MR) is 129 cm³/mol. The molecule has 0 unspecified atom stereocenters. The van der Waals surface area contributed by atoms with Gasteiger partial charge in [-0.15, -0.1) is 0 Å².